The van der Waals surface area contributed by atoms with Gasteiger partial charge in [0.1, 0.15) is 0 Å². The lowest BCUT2D eigenvalue weighted by Crippen LogP contribution is -2.43. The third kappa shape index (κ3) is 2.92. The molecule has 5 heteroatoms. The van der Waals surface area contributed by atoms with Crippen LogP contribution in [0.2, 0.25) is 0 Å². The number of rotatable bonds is 2. The minimum absolute atomic E-state index is 0.0242. The number of carbonyl (C=O) groups is 1. The molecule has 0 radical (unpaired) electrons. The maximum absolute atomic E-state index is 13.1. The van der Waals surface area contributed by atoms with Crippen LogP contribution < -0.4 is 5.73 Å². The maximum atomic E-state index is 13.1. The molecule has 1 saturated heterocycles. The summed E-state index contributed by atoms with van der Waals surface area (Å²) in [6, 6.07) is 3.51. The summed E-state index contributed by atoms with van der Waals surface area (Å²) in [5.74, 6) is -1.94. The summed E-state index contributed by atoms with van der Waals surface area (Å²) >= 11 is 0. The van der Waals surface area contributed by atoms with Crippen molar-refractivity contribution >= 4 is 5.91 Å². The van der Waals surface area contributed by atoms with E-state index in [0.29, 0.717) is 12.1 Å². The molecule has 0 aromatic heterocycles. The van der Waals surface area contributed by atoms with Gasteiger partial charge in [0, 0.05) is 18.1 Å². The molecule has 104 valence electrons. The number of amides is 1. The van der Waals surface area contributed by atoms with Crippen molar-refractivity contribution < 1.29 is 13.6 Å². The first kappa shape index (κ1) is 13.9. The van der Waals surface area contributed by atoms with E-state index in [1.165, 1.54) is 6.07 Å². The predicted octanol–water partition coefficient (Wildman–Crippen LogP) is 1.85. The minimum Gasteiger partial charge on any atom is -0.336 e. The van der Waals surface area contributed by atoms with Gasteiger partial charge in [-0.2, -0.15) is 0 Å². The Balaban J connectivity index is 2.11. The van der Waals surface area contributed by atoms with Crippen LogP contribution in [0.4, 0.5) is 8.78 Å². The highest BCUT2D eigenvalue weighted by molar-refractivity contribution is 5.80. The van der Waals surface area contributed by atoms with Crippen LogP contribution in [-0.2, 0) is 11.2 Å². The largest absolute Gasteiger partial charge is 0.336 e. The Morgan fingerprint density at radius 3 is 2.63 bits per heavy atom. The lowest BCUT2D eigenvalue weighted by atomic mass is 10.00. The Bertz CT molecular complexity index is 502. The fourth-order valence-electron chi connectivity index (χ4n) is 2.66. The molecule has 1 aliphatic heterocycles. The molecule has 1 unspecified atom stereocenters. The van der Waals surface area contributed by atoms with Gasteiger partial charge in [-0.3, -0.25) is 4.79 Å². The van der Waals surface area contributed by atoms with Gasteiger partial charge in [0.15, 0.2) is 11.6 Å². The van der Waals surface area contributed by atoms with Crippen LogP contribution in [0, 0.1) is 11.6 Å². The second-order valence-electron chi connectivity index (χ2n) is 5.71. The van der Waals surface area contributed by atoms with Crippen LogP contribution >= 0.6 is 0 Å². The van der Waals surface area contributed by atoms with Crippen LogP contribution in [0.3, 0.4) is 0 Å². The third-order valence-electron chi connectivity index (χ3n) is 3.55. The Kier molecular flexibility index (Phi) is 3.58. The van der Waals surface area contributed by atoms with Crippen molar-refractivity contribution in [3.8, 4) is 0 Å². The molecule has 0 bridgehead atoms. The highest BCUT2D eigenvalue weighted by Gasteiger charge is 2.39. The molecule has 1 aromatic rings. The molecule has 1 amide bonds. The average Bonchev–Trinajstić information content (AvgIpc) is 2.57. The van der Waals surface area contributed by atoms with Crippen molar-refractivity contribution in [3.63, 3.8) is 0 Å². The number of hydrogen-bond acceptors (Lipinski definition) is 2. The normalized spacial score (nSPS) is 21.7. The first-order valence-corrected chi connectivity index (χ1v) is 6.29. The standard InChI is InChI=1S/C14H18F2N2O/c1-14(2)7-10(17)8-18(14)13(19)6-9-3-4-11(15)12(16)5-9/h3-5,10H,6-8,17H2,1-2H3. The molecule has 2 rings (SSSR count). The molecular weight excluding hydrogens is 250 g/mol. The fraction of sp³-hybridized carbons (Fsp3) is 0.500. The number of benzene rings is 1. The van der Waals surface area contributed by atoms with Crippen molar-refractivity contribution in [3.05, 3.63) is 35.4 Å². The lowest BCUT2D eigenvalue weighted by molar-refractivity contribution is -0.133. The summed E-state index contributed by atoms with van der Waals surface area (Å²) in [6.45, 7) is 4.43. The predicted molar refractivity (Wildman–Crippen MR) is 68.4 cm³/mol. The number of carbonyl (C=O) groups excluding carboxylic acids is 1. The summed E-state index contributed by atoms with van der Waals surface area (Å²) < 4.78 is 25.9. The van der Waals surface area contributed by atoms with Gasteiger partial charge in [0.2, 0.25) is 5.91 Å². The van der Waals surface area contributed by atoms with Crippen molar-refractivity contribution in [2.45, 2.75) is 38.3 Å². The van der Waals surface area contributed by atoms with E-state index in [1.807, 2.05) is 13.8 Å². The second kappa shape index (κ2) is 4.89. The fourth-order valence-corrected chi connectivity index (χ4v) is 2.66. The van der Waals surface area contributed by atoms with Gasteiger partial charge in [-0.15, -0.1) is 0 Å². The smallest absolute Gasteiger partial charge is 0.227 e. The number of nitrogens with zero attached hydrogens (tertiary/aromatic N) is 1. The van der Waals surface area contributed by atoms with Gasteiger partial charge in [0.05, 0.1) is 6.42 Å². The van der Waals surface area contributed by atoms with Gasteiger partial charge >= 0.3 is 0 Å². The van der Waals surface area contributed by atoms with Gasteiger partial charge in [-0.05, 0) is 38.0 Å². The van der Waals surface area contributed by atoms with Crippen molar-refractivity contribution in [1.29, 1.82) is 0 Å². The molecule has 2 N–H and O–H groups in total. The Labute approximate surface area is 111 Å². The van der Waals surface area contributed by atoms with Crippen LogP contribution in [0.25, 0.3) is 0 Å². The molecule has 1 fully saturated rings. The quantitative estimate of drug-likeness (QED) is 0.889. The van der Waals surface area contributed by atoms with E-state index in [9.17, 15) is 13.6 Å². The first-order valence-electron chi connectivity index (χ1n) is 6.29. The first-order chi connectivity index (χ1) is 8.79. The van der Waals surface area contributed by atoms with Crippen molar-refractivity contribution in [2.75, 3.05) is 6.54 Å². The SMILES string of the molecule is CC1(C)CC(N)CN1C(=O)Cc1ccc(F)c(F)c1. The summed E-state index contributed by atoms with van der Waals surface area (Å²) in [6.07, 6.45) is 0.809. The van der Waals surface area contributed by atoms with E-state index < -0.39 is 11.6 Å². The summed E-state index contributed by atoms with van der Waals surface area (Å²) in [4.78, 5) is 13.9. The molecule has 3 nitrogen and oxygen atoms in total. The molecular formula is C14H18F2N2O. The van der Waals surface area contributed by atoms with Gasteiger partial charge in [-0.1, -0.05) is 6.07 Å². The van der Waals surface area contributed by atoms with E-state index in [1.54, 1.807) is 4.90 Å². The molecule has 1 aliphatic rings. The van der Waals surface area contributed by atoms with Crippen molar-refractivity contribution in [2.24, 2.45) is 5.73 Å². The summed E-state index contributed by atoms with van der Waals surface area (Å²) in [7, 11) is 0. The molecule has 19 heavy (non-hydrogen) atoms. The molecule has 1 atom stereocenters. The van der Waals surface area contributed by atoms with Crippen LogP contribution in [0.15, 0.2) is 18.2 Å². The zero-order valence-electron chi connectivity index (χ0n) is 11.1. The van der Waals surface area contributed by atoms with Crippen molar-refractivity contribution in [1.82, 2.24) is 4.90 Å². The number of likely N-dealkylation sites (tertiary alicyclic amines) is 1. The highest BCUT2D eigenvalue weighted by Crippen LogP contribution is 2.28. The number of nitrogens with two attached hydrogens (primary N) is 1. The second-order valence-corrected chi connectivity index (χ2v) is 5.71. The van der Waals surface area contributed by atoms with Gasteiger partial charge in [-0.25, -0.2) is 8.78 Å². The van der Waals surface area contributed by atoms with E-state index >= 15 is 0 Å². The number of hydrogen-bond donors (Lipinski definition) is 1. The zero-order valence-corrected chi connectivity index (χ0v) is 11.1. The zero-order chi connectivity index (χ0) is 14.2. The monoisotopic (exact) mass is 268 g/mol. The average molecular weight is 268 g/mol. The summed E-state index contributed by atoms with van der Waals surface area (Å²) in [5.41, 5.74) is 6.06. The van der Waals surface area contributed by atoms with Crippen LogP contribution in [0.1, 0.15) is 25.8 Å². The maximum Gasteiger partial charge on any atom is 0.227 e. The molecule has 1 aromatic carbocycles. The lowest BCUT2D eigenvalue weighted by Gasteiger charge is -2.31. The van der Waals surface area contributed by atoms with E-state index in [2.05, 4.69) is 0 Å². The molecule has 1 heterocycles. The molecule has 0 aliphatic carbocycles. The highest BCUT2D eigenvalue weighted by atomic mass is 19.2. The van der Waals surface area contributed by atoms with Gasteiger partial charge < -0.3 is 10.6 Å². The Hall–Kier alpha value is -1.49. The van der Waals surface area contributed by atoms with E-state index in [0.717, 1.165) is 18.6 Å². The van der Waals surface area contributed by atoms with Gasteiger partial charge in [0.25, 0.3) is 0 Å². The van der Waals surface area contributed by atoms with E-state index in [-0.39, 0.29) is 23.9 Å². The Morgan fingerprint density at radius 1 is 1.42 bits per heavy atom. The molecule has 0 saturated carbocycles. The third-order valence-corrected chi connectivity index (χ3v) is 3.55. The molecule has 0 spiro atoms. The van der Waals surface area contributed by atoms with E-state index in [4.69, 9.17) is 5.73 Å². The number of halogens is 2. The van der Waals surface area contributed by atoms with Crippen LogP contribution in [0.5, 0.6) is 0 Å². The minimum atomic E-state index is -0.928. The topological polar surface area (TPSA) is 46.3 Å². The van der Waals surface area contributed by atoms with Crippen LogP contribution in [-0.4, -0.2) is 28.9 Å². The Morgan fingerprint density at radius 2 is 2.11 bits per heavy atom. The summed E-state index contributed by atoms with van der Waals surface area (Å²) in [5, 5.41) is 0.